The third kappa shape index (κ3) is 3.48. The van der Waals surface area contributed by atoms with Crippen molar-refractivity contribution in [2.75, 3.05) is 33.8 Å². The summed E-state index contributed by atoms with van der Waals surface area (Å²) in [6, 6.07) is 20.0. The zero-order valence-corrected chi connectivity index (χ0v) is 17.4. The van der Waals surface area contributed by atoms with Gasteiger partial charge in [-0.25, -0.2) is 0 Å². The molecule has 0 saturated heterocycles. The molecule has 1 heterocycles. The molecule has 0 aliphatic rings. The molecule has 3 aromatic carbocycles. The number of aromatic amines is 1. The van der Waals surface area contributed by atoms with Crippen LogP contribution in [-0.2, 0) is 0 Å². The van der Waals surface area contributed by atoms with Crippen molar-refractivity contribution in [3.05, 3.63) is 60.7 Å². The van der Waals surface area contributed by atoms with E-state index in [1.165, 1.54) is 0 Å². The fourth-order valence-corrected chi connectivity index (χ4v) is 3.62. The van der Waals surface area contributed by atoms with Crippen LogP contribution in [-0.4, -0.2) is 33.4 Å². The third-order valence-corrected chi connectivity index (χ3v) is 5.00. The maximum absolute atomic E-state index is 5.55. The number of nitrogens with one attached hydrogen (secondary N) is 2. The van der Waals surface area contributed by atoms with Crippen molar-refractivity contribution in [2.24, 2.45) is 0 Å². The molecule has 0 amide bonds. The standard InChI is InChI=1S/C24H24N2O4/c1-27-19-11-6-5-9-17(19)18-10-7-8-15-12-22(26-23(15)18)25-16-13-20(28-2)24(30-4)21(14-16)29-3/h5-14,25-26H,1-4H3. The van der Waals surface area contributed by atoms with Gasteiger partial charge in [0.25, 0.3) is 0 Å². The Balaban J connectivity index is 1.76. The van der Waals surface area contributed by atoms with Gasteiger partial charge in [-0.1, -0.05) is 36.4 Å². The molecular formula is C24H24N2O4. The number of hydrogen-bond acceptors (Lipinski definition) is 5. The summed E-state index contributed by atoms with van der Waals surface area (Å²) in [7, 11) is 6.47. The van der Waals surface area contributed by atoms with Crippen LogP contribution in [0, 0.1) is 0 Å². The Morgan fingerprint density at radius 2 is 1.33 bits per heavy atom. The summed E-state index contributed by atoms with van der Waals surface area (Å²) in [6.07, 6.45) is 0. The second kappa shape index (κ2) is 8.29. The van der Waals surface area contributed by atoms with Gasteiger partial charge in [-0.05, 0) is 12.1 Å². The van der Waals surface area contributed by atoms with Gasteiger partial charge in [0.2, 0.25) is 5.75 Å². The van der Waals surface area contributed by atoms with Crippen LogP contribution < -0.4 is 24.3 Å². The van der Waals surface area contributed by atoms with E-state index in [-0.39, 0.29) is 0 Å². The Hall–Kier alpha value is -3.80. The molecule has 0 aliphatic heterocycles. The molecule has 1 aromatic heterocycles. The minimum Gasteiger partial charge on any atom is -0.496 e. The van der Waals surface area contributed by atoms with Crippen molar-refractivity contribution in [1.29, 1.82) is 0 Å². The lowest BCUT2D eigenvalue weighted by atomic mass is 10.0. The van der Waals surface area contributed by atoms with Crippen molar-refractivity contribution in [1.82, 2.24) is 4.98 Å². The van der Waals surface area contributed by atoms with Crippen LogP contribution in [0.25, 0.3) is 22.0 Å². The maximum Gasteiger partial charge on any atom is 0.203 e. The minimum atomic E-state index is 0.556. The summed E-state index contributed by atoms with van der Waals surface area (Å²) in [5, 5.41) is 4.49. The Labute approximate surface area is 175 Å². The van der Waals surface area contributed by atoms with Gasteiger partial charge >= 0.3 is 0 Å². The number of aromatic nitrogens is 1. The van der Waals surface area contributed by atoms with E-state index in [0.717, 1.165) is 39.3 Å². The highest BCUT2D eigenvalue weighted by Crippen LogP contribution is 2.41. The minimum absolute atomic E-state index is 0.556. The van der Waals surface area contributed by atoms with E-state index in [2.05, 4.69) is 34.6 Å². The highest BCUT2D eigenvalue weighted by molar-refractivity contribution is 5.98. The van der Waals surface area contributed by atoms with Crippen molar-refractivity contribution in [2.45, 2.75) is 0 Å². The van der Waals surface area contributed by atoms with Gasteiger partial charge in [0, 0.05) is 34.3 Å². The van der Waals surface area contributed by atoms with E-state index in [0.29, 0.717) is 17.2 Å². The van der Waals surface area contributed by atoms with E-state index in [1.807, 2.05) is 36.4 Å². The van der Waals surface area contributed by atoms with Crippen LogP contribution in [0.15, 0.2) is 60.7 Å². The molecule has 6 heteroatoms. The number of H-pyrrole nitrogens is 1. The van der Waals surface area contributed by atoms with Crippen LogP contribution in [0.5, 0.6) is 23.0 Å². The van der Waals surface area contributed by atoms with Gasteiger partial charge < -0.3 is 29.2 Å². The lowest BCUT2D eigenvalue weighted by Crippen LogP contribution is -1.98. The summed E-state index contributed by atoms with van der Waals surface area (Å²) >= 11 is 0. The molecule has 0 aliphatic carbocycles. The van der Waals surface area contributed by atoms with Gasteiger partial charge in [-0.3, -0.25) is 0 Å². The molecule has 30 heavy (non-hydrogen) atoms. The van der Waals surface area contributed by atoms with E-state index < -0.39 is 0 Å². The van der Waals surface area contributed by atoms with Crippen LogP contribution in [0.1, 0.15) is 0 Å². The number of anilines is 2. The third-order valence-electron chi connectivity index (χ3n) is 5.00. The van der Waals surface area contributed by atoms with Crippen LogP contribution in [0.3, 0.4) is 0 Å². The smallest absolute Gasteiger partial charge is 0.203 e. The van der Waals surface area contributed by atoms with Crippen molar-refractivity contribution >= 4 is 22.4 Å². The molecule has 154 valence electrons. The zero-order chi connectivity index (χ0) is 21.1. The number of hydrogen-bond donors (Lipinski definition) is 2. The predicted octanol–water partition coefficient (Wildman–Crippen LogP) is 5.61. The molecule has 0 spiro atoms. The van der Waals surface area contributed by atoms with E-state index >= 15 is 0 Å². The van der Waals surface area contributed by atoms with Crippen molar-refractivity contribution < 1.29 is 18.9 Å². The lowest BCUT2D eigenvalue weighted by molar-refractivity contribution is 0.324. The summed E-state index contributed by atoms with van der Waals surface area (Å²) < 4.78 is 21.9. The molecule has 4 aromatic rings. The van der Waals surface area contributed by atoms with Crippen molar-refractivity contribution in [3.63, 3.8) is 0 Å². The first-order valence-corrected chi connectivity index (χ1v) is 9.50. The topological polar surface area (TPSA) is 64.7 Å². The molecule has 0 saturated carbocycles. The second-order valence-electron chi connectivity index (χ2n) is 6.69. The number of benzene rings is 3. The van der Waals surface area contributed by atoms with E-state index in [4.69, 9.17) is 18.9 Å². The number of methoxy groups -OCH3 is 4. The highest BCUT2D eigenvalue weighted by atomic mass is 16.5. The summed E-state index contributed by atoms with van der Waals surface area (Å²) in [5.41, 5.74) is 3.95. The number of rotatable bonds is 7. The van der Waals surface area contributed by atoms with Crippen LogP contribution in [0.2, 0.25) is 0 Å². The predicted molar refractivity (Wildman–Crippen MR) is 120 cm³/mol. The van der Waals surface area contributed by atoms with Gasteiger partial charge in [0.05, 0.1) is 34.0 Å². The fourth-order valence-electron chi connectivity index (χ4n) is 3.62. The highest BCUT2D eigenvalue weighted by Gasteiger charge is 2.15. The van der Waals surface area contributed by atoms with Gasteiger partial charge in [-0.15, -0.1) is 0 Å². The maximum atomic E-state index is 5.55. The zero-order valence-electron chi connectivity index (χ0n) is 17.4. The molecule has 0 bridgehead atoms. The Morgan fingerprint density at radius 1 is 0.667 bits per heavy atom. The average Bonchev–Trinajstić information content (AvgIpc) is 3.20. The first kappa shape index (κ1) is 19.5. The fraction of sp³-hybridized carbons (Fsp3) is 0.167. The molecule has 0 radical (unpaired) electrons. The number of fused-ring (bicyclic) bond motifs is 1. The number of para-hydroxylation sites is 2. The average molecular weight is 404 g/mol. The molecule has 0 atom stereocenters. The number of ether oxygens (including phenoxy) is 4. The van der Waals surface area contributed by atoms with E-state index in [1.54, 1.807) is 28.4 Å². The van der Waals surface area contributed by atoms with Gasteiger partial charge in [0.1, 0.15) is 11.6 Å². The van der Waals surface area contributed by atoms with Crippen LogP contribution >= 0.6 is 0 Å². The Bertz CT molecular complexity index is 1160. The largest absolute Gasteiger partial charge is 0.496 e. The molecular weight excluding hydrogens is 380 g/mol. The SMILES string of the molecule is COc1ccccc1-c1cccc2cc(Nc3cc(OC)c(OC)c(OC)c3)[nH]c12. The molecule has 2 N–H and O–H groups in total. The Kier molecular flexibility index (Phi) is 5.39. The van der Waals surface area contributed by atoms with Crippen LogP contribution in [0.4, 0.5) is 11.5 Å². The first-order valence-electron chi connectivity index (χ1n) is 9.50. The summed E-state index contributed by atoms with van der Waals surface area (Å²) in [6.45, 7) is 0. The molecule has 0 unspecified atom stereocenters. The molecule has 4 rings (SSSR count). The normalized spacial score (nSPS) is 10.7. The molecule has 6 nitrogen and oxygen atoms in total. The van der Waals surface area contributed by atoms with Crippen molar-refractivity contribution in [3.8, 4) is 34.1 Å². The molecule has 0 fully saturated rings. The second-order valence-corrected chi connectivity index (χ2v) is 6.69. The quantitative estimate of drug-likeness (QED) is 0.419. The monoisotopic (exact) mass is 404 g/mol. The first-order chi connectivity index (χ1) is 14.7. The van der Waals surface area contributed by atoms with Gasteiger partial charge in [0.15, 0.2) is 11.5 Å². The lowest BCUT2D eigenvalue weighted by Gasteiger charge is -2.14. The van der Waals surface area contributed by atoms with Gasteiger partial charge in [-0.2, -0.15) is 0 Å². The summed E-state index contributed by atoms with van der Waals surface area (Å²) in [5.74, 6) is 3.41. The van der Waals surface area contributed by atoms with E-state index in [9.17, 15) is 0 Å². The summed E-state index contributed by atoms with van der Waals surface area (Å²) in [4.78, 5) is 3.49. The Morgan fingerprint density at radius 3 is 2.00 bits per heavy atom.